The molecule has 0 aromatic carbocycles. The van der Waals surface area contributed by atoms with Gasteiger partial charge in [0.1, 0.15) is 5.69 Å². The Labute approximate surface area is 168 Å². The van der Waals surface area contributed by atoms with Crippen LogP contribution in [0.3, 0.4) is 0 Å². The Kier molecular flexibility index (Phi) is 4.94. The molecule has 2 heterocycles. The average molecular weight is 398 g/mol. The number of carbonyl (C=O) groups is 2. The van der Waals surface area contributed by atoms with E-state index in [0.717, 1.165) is 25.7 Å². The number of pyridine rings is 2. The summed E-state index contributed by atoms with van der Waals surface area (Å²) in [5, 5.41) is 6.06. The van der Waals surface area contributed by atoms with Gasteiger partial charge in [0.2, 0.25) is 0 Å². The SMILES string of the molecule is Cc1ccc(F)c(OC(=O)N[C@]23CCC[C@](NC(=O)c4ccccn4)(CC2)C3)n1. The smallest absolute Gasteiger partial charge is 0.388 e. The van der Waals surface area contributed by atoms with Gasteiger partial charge >= 0.3 is 6.09 Å². The minimum Gasteiger partial charge on any atom is -0.388 e. The fourth-order valence-corrected chi connectivity index (χ4v) is 4.55. The molecule has 0 radical (unpaired) electrons. The number of hydrogen-bond acceptors (Lipinski definition) is 5. The Morgan fingerprint density at radius 3 is 2.55 bits per heavy atom. The minimum atomic E-state index is -0.726. The van der Waals surface area contributed by atoms with Crippen LogP contribution in [0.5, 0.6) is 5.88 Å². The van der Waals surface area contributed by atoms with Crippen LogP contribution in [0.15, 0.2) is 36.5 Å². The van der Waals surface area contributed by atoms with Crippen molar-refractivity contribution in [1.82, 2.24) is 20.6 Å². The van der Waals surface area contributed by atoms with Crippen LogP contribution in [0.2, 0.25) is 0 Å². The van der Waals surface area contributed by atoms with Crippen molar-refractivity contribution in [2.75, 3.05) is 0 Å². The molecule has 2 atom stereocenters. The second-order valence-corrected chi connectivity index (χ2v) is 8.01. The van der Waals surface area contributed by atoms with Gasteiger partial charge in [-0.15, -0.1) is 0 Å². The van der Waals surface area contributed by atoms with Crippen LogP contribution in [-0.4, -0.2) is 33.0 Å². The van der Waals surface area contributed by atoms with E-state index in [1.165, 1.54) is 12.1 Å². The molecule has 29 heavy (non-hydrogen) atoms. The summed E-state index contributed by atoms with van der Waals surface area (Å²) < 4.78 is 19.0. The standard InChI is InChI=1S/C21H23FN4O3/c1-14-6-7-15(22)18(24-14)29-19(28)26-21-9-4-8-20(13-21,10-11-21)25-17(27)16-5-2-3-12-23-16/h2-3,5-7,12H,4,8-11,13H2,1H3,(H,25,27)(H,26,28)/t20-,21+/m0/s1. The van der Waals surface area contributed by atoms with Crippen molar-refractivity contribution in [1.29, 1.82) is 0 Å². The Balaban J connectivity index is 1.43. The van der Waals surface area contributed by atoms with Gasteiger partial charge in [-0.05, 0) is 69.7 Å². The molecule has 2 aromatic heterocycles. The maximum absolute atomic E-state index is 13.8. The number of ether oxygens (including phenoxy) is 1. The highest BCUT2D eigenvalue weighted by atomic mass is 19.1. The zero-order valence-electron chi connectivity index (χ0n) is 16.2. The normalized spacial score (nSPS) is 25.3. The summed E-state index contributed by atoms with van der Waals surface area (Å²) >= 11 is 0. The Bertz CT molecular complexity index is 939. The third-order valence-corrected chi connectivity index (χ3v) is 5.86. The molecule has 2 aliphatic rings. The molecule has 2 fully saturated rings. The number of aryl methyl sites for hydroxylation is 1. The highest BCUT2D eigenvalue weighted by molar-refractivity contribution is 5.92. The molecule has 4 rings (SSSR count). The van der Waals surface area contributed by atoms with E-state index in [2.05, 4.69) is 20.6 Å². The van der Waals surface area contributed by atoms with E-state index < -0.39 is 17.4 Å². The van der Waals surface area contributed by atoms with Gasteiger partial charge in [0, 0.05) is 23.0 Å². The number of nitrogens with one attached hydrogen (secondary N) is 2. The number of rotatable bonds is 4. The minimum absolute atomic E-state index is 0.211. The van der Waals surface area contributed by atoms with Crippen molar-refractivity contribution in [2.24, 2.45) is 0 Å². The Morgan fingerprint density at radius 2 is 1.83 bits per heavy atom. The Morgan fingerprint density at radius 1 is 1.07 bits per heavy atom. The van der Waals surface area contributed by atoms with Gasteiger partial charge < -0.3 is 15.4 Å². The van der Waals surface area contributed by atoms with E-state index in [1.807, 2.05) is 0 Å². The van der Waals surface area contributed by atoms with Gasteiger partial charge in [0.05, 0.1) is 0 Å². The third kappa shape index (κ3) is 4.06. The molecule has 2 saturated carbocycles. The first-order chi connectivity index (χ1) is 13.9. The number of aromatic nitrogens is 2. The summed E-state index contributed by atoms with van der Waals surface area (Å²) in [6.45, 7) is 1.69. The molecular weight excluding hydrogens is 375 g/mol. The number of carbonyl (C=O) groups excluding carboxylic acids is 2. The van der Waals surface area contributed by atoms with Gasteiger partial charge in [-0.3, -0.25) is 9.78 Å². The fraction of sp³-hybridized carbons (Fsp3) is 0.429. The summed E-state index contributed by atoms with van der Waals surface area (Å²) in [5.74, 6) is -1.23. The van der Waals surface area contributed by atoms with E-state index in [1.54, 1.807) is 31.3 Å². The summed E-state index contributed by atoms with van der Waals surface area (Å²) in [6.07, 6.45) is 5.43. The van der Waals surface area contributed by atoms with Crippen molar-refractivity contribution in [3.63, 3.8) is 0 Å². The van der Waals surface area contributed by atoms with Gasteiger partial charge in [-0.2, -0.15) is 0 Å². The van der Waals surface area contributed by atoms with Crippen LogP contribution in [0.25, 0.3) is 0 Å². The highest BCUT2D eigenvalue weighted by Gasteiger charge is 2.52. The Hall–Kier alpha value is -3.03. The molecule has 2 bridgehead atoms. The molecular formula is C21H23FN4O3. The molecule has 0 saturated heterocycles. The van der Waals surface area contributed by atoms with Crippen molar-refractivity contribution in [3.05, 3.63) is 53.7 Å². The molecule has 2 amide bonds. The van der Waals surface area contributed by atoms with Crippen molar-refractivity contribution >= 4 is 12.0 Å². The lowest BCUT2D eigenvalue weighted by Crippen LogP contribution is -2.55. The third-order valence-electron chi connectivity index (χ3n) is 5.86. The topological polar surface area (TPSA) is 93.2 Å². The molecule has 7 nitrogen and oxygen atoms in total. The van der Waals surface area contributed by atoms with Crippen molar-refractivity contribution in [2.45, 2.75) is 56.5 Å². The van der Waals surface area contributed by atoms with E-state index in [-0.39, 0.29) is 17.3 Å². The number of amides is 2. The summed E-state index contributed by atoms with van der Waals surface area (Å²) in [7, 11) is 0. The number of fused-ring (bicyclic) bond motifs is 2. The molecule has 152 valence electrons. The van der Waals surface area contributed by atoms with Gasteiger partial charge in [0.25, 0.3) is 11.8 Å². The lowest BCUT2D eigenvalue weighted by Gasteiger charge is -2.40. The molecule has 0 aliphatic heterocycles. The largest absolute Gasteiger partial charge is 0.414 e. The fourth-order valence-electron chi connectivity index (χ4n) is 4.55. The van der Waals surface area contributed by atoms with Gasteiger partial charge in [-0.1, -0.05) is 6.07 Å². The van der Waals surface area contributed by atoms with Crippen LogP contribution in [-0.2, 0) is 0 Å². The highest BCUT2D eigenvalue weighted by Crippen LogP contribution is 2.48. The van der Waals surface area contributed by atoms with E-state index in [9.17, 15) is 14.0 Å². The average Bonchev–Trinajstić information content (AvgIpc) is 2.94. The molecule has 2 aliphatic carbocycles. The lowest BCUT2D eigenvalue weighted by molar-refractivity contribution is 0.0864. The maximum Gasteiger partial charge on any atom is 0.414 e. The first-order valence-electron chi connectivity index (χ1n) is 9.76. The van der Waals surface area contributed by atoms with E-state index in [4.69, 9.17) is 4.74 Å². The molecule has 0 unspecified atom stereocenters. The van der Waals surface area contributed by atoms with Crippen LogP contribution in [0.1, 0.15) is 54.7 Å². The summed E-state index contributed by atoms with van der Waals surface area (Å²) in [6, 6.07) is 7.94. The first-order valence-corrected chi connectivity index (χ1v) is 9.76. The van der Waals surface area contributed by atoms with Crippen LogP contribution >= 0.6 is 0 Å². The van der Waals surface area contributed by atoms with Crippen molar-refractivity contribution in [3.8, 4) is 5.88 Å². The monoisotopic (exact) mass is 398 g/mol. The second kappa shape index (κ2) is 7.42. The van der Waals surface area contributed by atoms with Crippen LogP contribution in [0, 0.1) is 12.7 Å². The summed E-state index contributed by atoms with van der Waals surface area (Å²) in [4.78, 5) is 33.1. The lowest BCUT2D eigenvalue weighted by atomic mass is 9.78. The van der Waals surface area contributed by atoms with Gasteiger partial charge in [0.15, 0.2) is 5.82 Å². The quantitative estimate of drug-likeness (QED) is 0.824. The van der Waals surface area contributed by atoms with Crippen LogP contribution in [0.4, 0.5) is 9.18 Å². The first kappa shape index (κ1) is 19.3. The zero-order valence-corrected chi connectivity index (χ0v) is 16.2. The zero-order chi connectivity index (χ0) is 20.5. The number of nitrogens with zero attached hydrogens (tertiary/aromatic N) is 2. The van der Waals surface area contributed by atoms with E-state index in [0.29, 0.717) is 24.2 Å². The van der Waals surface area contributed by atoms with Gasteiger partial charge in [-0.25, -0.2) is 14.2 Å². The molecule has 2 aromatic rings. The number of halogens is 1. The predicted molar refractivity (Wildman–Crippen MR) is 103 cm³/mol. The number of hydrogen-bond donors (Lipinski definition) is 2. The molecule has 0 spiro atoms. The molecule has 8 heteroatoms. The van der Waals surface area contributed by atoms with Crippen LogP contribution < -0.4 is 15.4 Å². The molecule has 2 N–H and O–H groups in total. The van der Waals surface area contributed by atoms with Crippen molar-refractivity contribution < 1.29 is 18.7 Å². The maximum atomic E-state index is 13.8. The van der Waals surface area contributed by atoms with E-state index >= 15 is 0 Å². The second-order valence-electron chi connectivity index (χ2n) is 8.01. The summed E-state index contributed by atoms with van der Waals surface area (Å²) in [5.41, 5.74) is 0.0699. The predicted octanol–water partition coefficient (Wildman–Crippen LogP) is 3.29.